The molecule has 3 heteroatoms. The molecule has 94 valence electrons. The van der Waals surface area contributed by atoms with E-state index >= 15 is 0 Å². The number of benzene rings is 1. The van der Waals surface area contributed by atoms with Crippen LogP contribution in [0.5, 0.6) is 0 Å². The molecule has 1 aromatic carbocycles. The van der Waals surface area contributed by atoms with Crippen LogP contribution in [0.25, 0.3) is 0 Å². The zero-order valence-corrected chi connectivity index (χ0v) is 11.1. The van der Waals surface area contributed by atoms with E-state index < -0.39 is 0 Å². The number of rotatable bonds is 4. The molecule has 0 bridgehead atoms. The lowest BCUT2D eigenvalue weighted by molar-refractivity contribution is -0.116. The highest BCUT2D eigenvalue weighted by molar-refractivity contribution is 5.91. The van der Waals surface area contributed by atoms with Gasteiger partial charge in [0.25, 0.3) is 0 Å². The van der Waals surface area contributed by atoms with E-state index in [-0.39, 0.29) is 11.8 Å². The largest absolute Gasteiger partial charge is 0.330 e. The molecule has 0 saturated heterocycles. The Bertz CT molecular complexity index is 413. The van der Waals surface area contributed by atoms with Crippen molar-refractivity contribution in [3.8, 4) is 0 Å². The maximum Gasteiger partial charge on any atom is 0.224 e. The molecular formula is C14H22N2O. The molecule has 0 heterocycles. The summed E-state index contributed by atoms with van der Waals surface area (Å²) < 4.78 is 0. The van der Waals surface area contributed by atoms with Crippen LogP contribution in [0.3, 0.4) is 0 Å². The van der Waals surface area contributed by atoms with Crippen molar-refractivity contribution in [3.63, 3.8) is 0 Å². The van der Waals surface area contributed by atoms with Crippen LogP contribution in [0, 0.1) is 26.7 Å². The Kier molecular flexibility index (Phi) is 4.70. The van der Waals surface area contributed by atoms with Gasteiger partial charge in [-0.05, 0) is 56.0 Å². The minimum Gasteiger partial charge on any atom is -0.330 e. The molecule has 0 saturated carbocycles. The fraction of sp³-hybridized carbons (Fsp3) is 0.500. The number of amides is 1. The van der Waals surface area contributed by atoms with Gasteiger partial charge in [-0.1, -0.05) is 13.0 Å². The zero-order valence-electron chi connectivity index (χ0n) is 11.1. The average molecular weight is 234 g/mol. The molecule has 0 aliphatic heterocycles. The first-order chi connectivity index (χ1) is 7.95. The minimum absolute atomic E-state index is 0.0364. The maximum atomic E-state index is 11.8. The highest BCUT2D eigenvalue weighted by Gasteiger charge is 2.10. The fourth-order valence-corrected chi connectivity index (χ4v) is 1.69. The van der Waals surface area contributed by atoms with Gasteiger partial charge in [0.1, 0.15) is 0 Å². The number of hydrogen-bond acceptors (Lipinski definition) is 2. The monoisotopic (exact) mass is 234 g/mol. The van der Waals surface area contributed by atoms with Crippen LogP contribution in [0.4, 0.5) is 5.69 Å². The van der Waals surface area contributed by atoms with Crippen molar-refractivity contribution >= 4 is 11.6 Å². The Morgan fingerprint density at radius 3 is 2.53 bits per heavy atom. The summed E-state index contributed by atoms with van der Waals surface area (Å²) in [5, 5.41) is 2.95. The van der Waals surface area contributed by atoms with Gasteiger partial charge in [0, 0.05) is 12.1 Å². The number of aryl methyl sites for hydroxylation is 1. The number of nitrogens with one attached hydrogen (secondary N) is 1. The van der Waals surface area contributed by atoms with Gasteiger partial charge >= 0.3 is 0 Å². The lowest BCUT2D eigenvalue weighted by Crippen LogP contribution is -2.20. The molecule has 1 atom stereocenters. The van der Waals surface area contributed by atoms with Gasteiger partial charge < -0.3 is 11.1 Å². The molecule has 0 spiro atoms. The van der Waals surface area contributed by atoms with Gasteiger partial charge in [0.15, 0.2) is 0 Å². The molecule has 0 aromatic heterocycles. The predicted molar refractivity (Wildman–Crippen MR) is 72.1 cm³/mol. The Labute approximate surface area is 103 Å². The molecule has 0 radical (unpaired) electrons. The summed E-state index contributed by atoms with van der Waals surface area (Å²) in [7, 11) is 0. The second-order valence-electron chi connectivity index (χ2n) is 4.77. The lowest BCUT2D eigenvalue weighted by Gasteiger charge is -2.14. The summed E-state index contributed by atoms with van der Waals surface area (Å²) in [5.41, 5.74) is 10.0. The number of anilines is 1. The molecule has 1 aromatic rings. The molecule has 1 unspecified atom stereocenters. The Morgan fingerprint density at radius 1 is 1.29 bits per heavy atom. The minimum atomic E-state index is 0.0364. The van der Waals surface area contributed by atoms with Crippen molar-refractivity contribution in [1.29, 1.82) is 0 Å². The highest BCUT2D eigenvalue weighted by Crippen LogP contribution is 2.21. The number of carbonyl (C=O) groups is 1. The van der Waals surface area contributed by atoms with Crippen LogP contribution < -0.4 is 11.1 Å². The Hall–Kier alpha value is -1.35. The molecule has 3 nitrogen and oxygen atoms in total. The van der Waals surface area contributed by atoms with E-state index in [1.807, 2.05) is 26.0 Å². The topological polar surface area (TPSA) is 55.1 Å². The van der Waals surface area contributed by atoms with E-state index in [1.165, 1.54) is 11.1 Å². The molecule has 0 aliphatic rings. The SMILES string of the molecule is Cc1ccc(NC(=O)CC(C)CN)c(C)c1C. The van der Waals surface area contributed by atoms with E-state index in [0.29, 0.717) is 13.0 Å². The van der Waals surface area contributed by atoms with E-state index in [4.69, 9.17) is 5.73 Å². The standard InChI is InChI=1S/C14H22N2O/c1-9(8-15)7-14(17)16-13-6-5-10(2)11(3)12(13)4/h5-6,9H,7-8,15H2,1-4H3,(H,16,17). The molecule has 1 rings (SSSR count). The lowest BCUT2D eigenvalue weighted by atomic mass is 10.0. The highest BCUT2D eigenvalue weighted by atomic mass is 16.1. The normalized spacial score (nSPS) is 12.3. The fourth-order valence-electron chi connectivity index (χ4n) is 1.69. The summed E-state index contributed by atoms with van der Waals surface area (Å²) >= 11 is 0. The van der Waals surface area contributed by atoms with Crippen LogP contribution >= 0.6 is 0 Å². The molecule has 1 amide bonds. The average Bonchev–Trinajstić information content (AvgIpc) is 2.29. The third-order valence-electron chi connectivity index (χ3n) is 3.27. The van der Waals surface area contributed by atoms with Gasteiger partial charge in [-0.3, -0.25) is 4.79 Å². The first-order valence-corrected chi connectivity index (χ1v) is 6.02. The van der Waals surface area contributed by atoms with Crippen molar-refractivity contribution in [1.82, 2.24) is 0 Å². The van der Waals surface area contributed by atoms with Crippen LogP contribution in [0.2, 0.25) is 0 Å². The number of nitrogens with two attached hydrogens (primary N) is 1. The first kappa shape index (κ1) is 13.7. The summed E-state index contributed by atoms with van der Waals surface area (Å²) in [5.74, 6) is 0.260. The predicted octanol–water partition coefficient (Wildman–Crippen LogP) is 2.54. The van der Waals surface area contributed by atoms with E-state index in [9.17, 15) is 4.79 Å². The van der Waals surface area contributed by atoms with Crippen LogP contribution in [0.1, 0.15) is 30.0 Å². The number of hydrogen-bond donors (Lipinski definition) is 2. The van der Waals surface area contributed by atoms with Crippen LogP contribution in [-0.2, 0) is 4.79 Å². The van der Waals surface area contributed by atoms with Crippen molar-refractivity contribution in [2.24, 2.45) is 11.7 Å². The van der Waals surface area contributed by atoms with Gasteiger partial charge in [0.2, 0.25) is 5.91 Å². The molecule has 0 fully saturated rings. The van der Waals surface area contributed by atoms with Gasteiger partial charge in [0.05, 0.1) is 0 Å². The van der Waals surface area contributed by atoms with Crippen molar-refractivity contribution in [2.45, 2.75) is 34.1 Å². The molecule has 0 aliphatic carbocycles. The van der Waals surface area contributed by atoms with Crippen LogP contribution in [-0.4, -0.2) is 12.5 Å². The van der Waals surface area contributed by atoms with Gasteiger partial charge in [-0.25, -0.2) is 0 Å². The quantitative estimate of drug-likeness (QED) is 0.841. The summed E-state index contributed by atoms with van der Waals surface area (Å²) in [6.07, 6.45) is 0.475. The zero-order chi connectivity index (χ0) is 13.0. The third kappa shape index (κ3) is 3.56. The van der Waals surface area contributed by atoms with E-state index in [1.54, 1.807) is 0 Å². The smallest absolute Gasteiger partial charge is 0.224 e. The van der Waals surface area contributed by atoms with E-state index in [0.717, 1.165) is 11.3 Å². The van der Waals surface area contributed by atoms with Gasteiger partial charge in [-0.2, -0.15) is 0 Å². The molecular weight excluding hydrogens is 212 g/mol. The number of carbonyl (C=O) groups excluding carboxylic acids is 1. The summed E-state index contributed by atoms with van der Waals surface area (Å²) in [6.45, 7) is 8.70. The first-order valence-electron chi connectivity index (χ1n) is 6.02. The second-order valence-corrected chi connectivity index (χ2v) is 4.77. The molecule has 17 heavy (non-hydrogen) atoms. The van der Waals surface area contributed by atoms with Crippen molar-refractivity contribution in [2.75, 3.05) is 11.9 Å². The third-order valence-corrected chi connectivity index (χ3v) is 3.27. The maximum absolute atomic E-state index is 11.8. The second kappa shape index (κ2) is 5.82. The Morgan fingerprint density at radius 2 is 1.94 bits per heavy atom. The van der Waals surface area contributed by atoms with Crippen molar-refractivity contribution < 1.29 is 4.79 Å². The van der Waals surface area contributed by atoms with Gasteiger partial charge in [-0.15, -0.1) is 0 Å². The Balaban J connectivity index is 2.76. The van der Waals surface area contributed by atoms with Crippen molar-refractivity contribution in [3.05, 3.63) is 28.8 Å². The van der Waals surface area contributed by atoms with Crippen LogP contribution in [0.15, 0.2) is 12.1 Å². The van der Waals surface area contributed by atoms with E-state index in [2.05, 4.69) is 19.2 Å². The summed E-state index contributed by atoms with van der Waals surface area (Å²) in [6, 6.07) is 3.99. The summed E-state index contributed by atoms with van der Waals surface area (Å²) in [4.78, 5) is 11.8. The molecule has 3 N–H and O–H groups in total.